The number of rotatable bonds is 6. The molecule has 8 heteroatoms. The number of piperidine rings is 1. The minimum atomic E-state index is -0.414. The lowest BCUT2D eigenvalue weighted by atomic mass is 10.1. The van der Waals surface area contributed by atoms with E-state index in [4.69, 9.17) is 5.73 Å². The van der Waals surface area contributed by atoms with E-state index >= 15 is 0 Å². The molecule has 1 aromatic rings. The van der Waals surface area contributed by atoms with Crippen LogP contribution in [0.2, 0.25) is 0 Å². The molecule has 0 saturated carbocycles. The van der Waals surface area contributed by atoms with Crippen LogP contribution in [0.3, 0.4) is 0 Å². The van der Waals surface area contributed by atoms with Gasteiger partial charge in [-0.1, -0.05) is 0 Å². The van der Waals surface area contributed by atoms with E-state index in [0.29, 0.717) is 17.8 Å². The number of carbonyl (C=O) groups is 1. The summed E-state index contributed by atoms with van der Waals surface area (Å²) in [6.07, 6.45) is 3.54. The van der Waals surface area contributed by atoms with E-state index in [2.05, 4.69) is 25.2 Å². The lowest BCUT2D eigenvalue weighted by Gasteiger charge is -2.27. The van der Waals surface area contributed by atoms with Gasteiger partial charge in [0.2, 0.25) is 23.8 Å². The largest absolute Gasteiger partial charge is 0.368 e. The second-order valence-corrected chi connectivity index (χ2v) is 5.16. The van der Waals surface area contributed by atoms with Gasteiger partial charge in [-0.05, 0) is 26.2 Å². The molecule has 0 aliphatic carbocycles. The molecular weight excluding hydrogens is 270 g/mol. The summed E-state index contributed by atoms with van der Waals surface area (Å²) in [7, 11) is 1.75. The quantitative estimate of drug-likeness (QED) is 0.773. The summed E-state index contributed by atoms with van der Waals surface area (Å²) in [5.74, 6) is 1.23. The zero-order chi connectivity index (χ0) is 15.2. The van der Waals surface area contributed by atoms with Gasteiger partial charge >= 0.3 is 0 Å². The van der Waals surface area contributed by atoms with Crippen LogP contribution in [0.4, 0.5) is 17.8 Å². The van der Waals surface area contributed by atoms with Gasteiger partial charge in [-0.3, -0.25) is 4.79 Å². The van der Waals surface area contributed by atoms with E-state index in [9.17, 15) is 4.79 Å². The van der Waals surface area contributed by atoms with E-state index in [-0.39, 0.29) is 6.54 Å². The van der Waals surface area contributed by atoms with Gasteiger partial charge in [0.15, 0.2) is 0 Å². The van der Waals surface area contributed by atoms with Gasteiger partial charge in [-0.25, -0.2) is 0 Å². The van der Waals surface area contributed by atoms with Crippen molar-refractivity contribution in [2.75, 3.05) is 48.3 Å². The van der Waals surface area contributed by atoms with Gasteiger partial charge in [0.25, 0.3) is 0 Å². The molecule has 8 nitrogen and oxygen atoms in total. The first kappa shape index (κ1) is 15.3. The third-order valence-electron chi connectivity index (χ3n) is 3.32. The molecule has 0 radical (unpaired) electrons. The fraction of sp³-hybridized carbons (Fsp3) is 0.692. The van der Waals surface area contributed by atoms with Crippen LogP contribution in [-0.2, 0) is 4.79 Å². The highest BCUT2D eigenvalue weighted by atomic mass is 16.1. The summed E-state index contributed by atoms with van der Waals surface area (Å²) >= 11 is 0. The van der Waals surface area contributed by atoms with Crippen molar-refractivity contribution < 1.29 is 4.79 Å². The zero-order valence-corrected chi connectivity index (χ0v) is 12.7. The number of carbonyl (C=O) groups excluding carboxylic acids is 1. The van der Waals surface area contributed by atoms with Gasteiger partial charge in [-0.2, -0.15) is 15.0 Å². The molecule has 1 fully saturated rings. The second-order valence-electron chi connectivity index (χ2n) is 5.16. The molecule has 3 N–H and O–H groups in total. The van der Waals surface area contributed by atoms with Crippen molar-refractivity contribution in [2.24, 2.45) is 5.73 Å². The molecule has 0 atom stereocenters. The summed E-state index contributed by atoms with van der Waals surface area (Å²) in [4.78, 5) is 28.1. The predicted octanol–water partition coefficient (Wildman–Crippen LogP) is 0.215. The van der Waals surface area contributed by atoms with Crippen molar-refractivity contribution >= 4 is 23.8 Å². The molecule has 1 aromatic heterocycles. The first-order valence-electron chi connectivity index (χ1n) is 7.34. The highest BCUT2D eigenvalue weighted by molar-refractivity contribution is 5.78. The molecule has 0 spiro atoms. The van der Waals surface area contributed by atoms with Gasteiger partial charge < -0.3 is 20.9 Å². The Morgan fingerprint density at radius 3 is 2.62 bits per heavy atom. The highest BCUT2D eigenvalue weighted by Crippen LogP contribution is 2.19. The number of nitrogens with zero attached hydrogens (tertiary/aromatic N) is 5. The number of primary amides is 1. The average molecular weight is 293 g/mol. The molecule has 0 aromatic carbocycles. The Morgan fingerprint density at radius 1 is 1.29 bits per heavy atom. The Bertz CT molecular complexity index is 487. The molecule has 0 unspecified atom stereocenters. The highest BCUT2D eigenvalue weighted by Gasteiger charge is 2.18. The normalized spacial score (nSPS) is 14.9. The van der Waals surface area contributed by atoms with Gasteiger partial charge in [0.05, 0.1) is 6.54 Å². The van der Waals surface area contributed by atoms with Crippen molar-refractivity contribution in [1.29, 1.82) is 0 Å². The number of nitrogens with two attached hydrogens (primary N) is 1. The molecular formula is C13H23N7O. The van der Waals surface area contributed by atoms with Gasteiger partial charge in [0.1, 0.15) is 0 Å². The molecule has 1 aliphatic heterocycles. The summed E-state index contributed by atoms with van der Waals surface area (Å²) in [5.41, 5.74) is 5.23. The summed E-state index contributed by atoms with van der Waals surface area (Å²) in [6, 6.07) is 0. The maximum absolute atomic E-state index is 11.1. The van der Waals surface area contributed by atoms with Gasteiger partial charge in [-0.15, -0.1) is 0 Å². The molecule has 0 bridgehead atoms. The molecule has 116 valence electrons. The van der Waals surface area contributed by atoms with Crippen molar-refractivity contribution in [2.45, 2.75) is 26.2 Å². The number of hydrogen-bond acceptors (Lipinski definition) is 7. The minimum Gasteiger partial charge on any atom is -0.368 e. The lowest BCUT2D eigenvalue weighted by molar-refractivity contribution is -0.116. The lowest BCUT2D eigenvalue weighted by Crippen LogP contribution is -2.34. The van der Waals surface area contributed by atoms with Gasteiger partial charge in [0, 0.05) is 26.7 Å². The Kier molecular flexibility index (Phi) is 5.13. The van der Waals surface area contributed by atoms with E-state index in [1.165, 1.54) is 6.42 Å². The Balaban J connectivity index is 2.26. The number of likely N-dealkylation sites (N-methyl/N-ethyl adjacent to an activating group) is 1. The molecule has 1 aliphatic rings. The van der Waals surface area contributed by atoms with Crippen LogP contribution in [0.15, 0.2) is 0 Å². The third kappa shape index (κ3) is 4.17. The van der Waals surface area contributed by atoms with E-state index in [1.807, 2.05) is 6.92 Å². The predicted molar refractivity (Wildman–Crippen MR) is 82.5 cm³/mol. The minimum absolute atomic E-state index is 0.0784. The zero-order valence-electron chi connectivity index (χ0n) is 12.7. The second kappa shape index (κ2) is 7.05. The Hall–Kier alpha value is -2.12. The van der Waals surface area contributed by atoms with Crippen LogP contribution in [0.1, 0.15) is 26.2 Å². The number of hydrogen-bond donors (Lipinski definition) is 2. The first-order valence-corrected chi connectivity index (χ1v) is 7.34. The van der Waals surface area contributed by atoms with Crippen LogP contribution < -0.4 is 20.9 Å². The van der Waals surface area contributed by atoms with Crippen molar-refractivity contribution in [3.63, 3.8) is 0 Å². The molecule has 21 heavy (non-hydrogen) atoms. The maximum atomic E-state index is 11.1. The van der Waals surface area contributed by atoms with E-state index in [0.717, 1.165) is 32.5 Å². The summed E-state index contributed by atoms with van der Waals surface area (Å²) in [5, 5.41) is 3.10. The maximum Gasteiger partial charge on any atom is 0.237 e. The fourth-order valence-corrected chi connectivity index (χ4v) is 2.30. The topological polar surface area (TPSA) is 100 Å². The summed E-state index contributed by atoms with van der Waals surface area (Å²) in [6.45, 7) is 4.69. The van der Waals surface area contributed by atoms with Crippen LogP contribution in [0.25, 0.3) is 0 Å². The molecule has 1 amide bonds. The van der Waals surface area contributed by atoms with Crippen molar-refractivity contribution in [1.82, 2.24) is 15.0 Å². The van der Waals surface area contributed by atoms with Crippen LogP contribution in [0.5, 0.6) is 0 Å². The smallest absolute Gasteiger partial charge is 0.237 e. The number of nitrogens with one attached hydrogen (secondary N) is 1. The SMILES string of the molecule is CCNc1nc(N(C)CC(N)=O)nc(N2CCCCC2)n1. The molecule has 2 heterocycles. The Labute approximate surface area is 124 Å². The van der Waals surface area contributed by atoms with E-state index in [1.54, 1.807) is 11.9 Å². The summed E-state index contributed by atoms with van der Waals surface area (Å²) < 4.78 is 0. The van der Waals surface area contributed by atoms with Crippen LogP contribution in [-0.4, -0.2) is 54.1 Å². The standard InChI is InChI=1S/C13H23N7O/c1-3-15-11-16-12(19(2)9-10(14)21)18-13(17-11)20-7-5-4-6-8-20/h3-9H2,1-2H3,(H2,14,21)(H,15,16,17,18). The van der Waals surface area contributed by atoms with E-state index < -0.39 is 5.91 Å². The average Bonchev–Trinajstić information content (AvgIpc) is 2.47. The van der Waals surface area contributed by atoms with Crippen molar-refractivity contribution in [3.8, 4) is 0 Å². The molecule has 1 saturated heterocycles. The Morgan fingerprint density at radius 2 is 2.00 bits per heavy atom. The first-order chi connectivity index (χ1) is 10.1. The number of anilines is 3. The fourth-order valence-electron chi connectivity index (χ4n) is 2.30. The number of aromatic nitrogens is 3. The monoisotopic (exact) mass is 293 g/mol. The van der Waals surface area contributed by atoms with Crippen molar-refractivity contribution in [3.05, 3.63) is 0 Å². The number of amides is 1. The van der Waals surface area contributed by atoms with Crippen LogP contribution >= 0.6 is 0 Å². The van der Waals surface area contributed by atoms with Crippen LogP contribution in [0, 0.1) is 0 Å². The molecule has 2 rings (SSSR count). The third-order valence-corrected chi connectivity index (χ3v) is 3.32.